The first-order valence-electron chi connectivity index (χ1n) is 14.6. The van der Waals surface area contributed by atoms with Crippen LogP contribution in [0.15, 0.2) is 53.3 Å². The number of aromatic nitrogens is 5. The van der Waals surface area contributed by atoms with Crippen LogP contribution in [0.5, 0.6) is 5.75 Å². The molecule has 2 aromatic heterocycles. The van der Waals surface area contributed by atoms with Crippen LogP contribution >= 0.6 is 0 Å². The van der Waals surface area contributed by atoms with Crippen molar-refractivity contribution in [3.05, 3.63) is 81.4 Å². The Hall–Kier alpha value is -3.56. The highest BCUT2D eigenvalue weighted by Gasteiger charge is 2.35. The minimum Gasteiger partial charge on any atom is -0.494 e. The first-order chi connectivity index (χ1) is 19.6. The van der Waals surface area contributed by atoms with Gasteiger partial charge in [-0.15, -0.1) is 5.10 Å². The number of tetrazole rings is 1. The van der Waals surface area contributed by atoms with Gasteiger partial charge < -0.3 is 14.5 Å². The number of nitrogens with one attached hydrogen (secondary N) is 1. The summed E-state index contributed by atoms with van der Waals surface area (Å²) in [5.74, 6) is 1.56. The summed E-state index contributed by atoms with van der Waals surface area (Å²) >= 11 is 0. The van der Waals surface area contributed by atoms with Crippen LogP contribution in [0.2, 0.25) is 0 Å². The molecule has 1 aliphatic carbocycles. The van der Waals surface area contributed by atoms with Crippen LogP contribution in [0.3, 0.4) is 0 Å². The molecule has 0 unspecified atom stereocenters. The van der Waals surface area contributed by atoms with Gasteiger partial charge in [-0.2, -0.15) is 0 Å². The zero-order valence-electron chi connectivity index (χ0n) is 23.4. The summed E-state index contributed by atoms with van der Waals surface area (Å²) in [5.41, 5.74) is 3.62. The summed E-state index contributed by atoms with van der Waals surface area (Å²) in [7, 11) is 0. The molecule has 0 amide bonds. The van der Waals surface area contributed by atoms with E-state index in [2.05, 4.69) is 50.5 Å². The van der Waals surface area contributed by atoms with E-state index in [9.17, 15) is 4.79 Å². The quantitative estimate of drug-likeness (QED) is 0.297. The maximum Gasteiger partial charge on any atom is 0.253 e. The molecule has 1 saturated heterocycles. The number of nitrogens with zero attached hydrogens (tertiary/aromatic N) is 5. The lowest BCUT2D eigenvalue weighted by Crippen LogP contribution is -2.39. The van der Waals surface area contributed by atoms with Gasteiger partial charge in [-0.25, -0.2) is 4.68 Å². The van der Waals surface area contributed by atoms with E-state index in [-0.39, 0.29) is 17.7 Å². The molecule has 2 atom stereocenters. The van der Waals surface area contributed by atoms with Gasteiger partial charge in [0.1, 0.15) is 11.8 Å². The number of hydrogen-bond donors (Lipinski definition) is 1. The standard InChI is InChI=1S/C31H38N6O3/c1-3-39-25-13-11-22(12-14-25)19-36(20-26-9-6-16-40-26)29(30-33-34-35-37(30)24-7-4-5-8-24)27-18-23-17-21(2)10-15-28(23)32-31(27)38/h10-15,17-18,24,26,29H,3-9,16,19-20H2,1-2H3,(H,32,38)/t26-,29+/m0/s1. The average molecular weight is 543 g/mol. The lowest BCUT2D eigenvalue weighted by atomic mass is 10.0. The molecular weight excluding hydrogens is 504 g/mol. The van der Waals surface area contributed by atoms with Crippen LogP contribution in [0.1, 0.15) is 80.0 Å². The molecule has 6 rings (SSSR count). The minimum atomic E-state index is -0.444. The fourth-order valence-corrected chi connectivity index (χ4v) is 6.24. The fourth-order valence-electron chi connectivity index (χ4n) is 6.24. The molecule has 1 aliphatic heterocycles. The van der Waals surface area contributed by atoms with Gasteiger partial charge in [-0.1, -0.05) is 36.6 Å². The van der Waals surface area contributed by atoms with Crippen molar-refractivity contribution < 1.29 is 9.47 Å². The summed E-state index contributed by atoms with van der Waals surface area (Å²) in [5, 5.41) is 14.2. The number of H-pyrrole nitrogens is 1. The third kappa shape index (κ3) is 5.67. The topological polar surface area (TPSA) is 98.2 Å². The summed E-state index contributed by atoms with van der Waals surface area (Å²) in [4.78, 5) is 19.3. The van der Waals surface area contributed by atoms with Crippen LogP contribution in [-0.4, -0.2) is 56.0 Å². The number of pyridine rings is 1. The molecule has 2 aromatic carbocycles. The van der Waals surface area contributed by atoms with Crippen LogP contribution < -0.4 is 10.3 Å². The highest BCUT2D eigenvalue weighted by molar-refractivity contribution is 5.79. The van der Waals surface area contributed by atoms with Gasteiger partial charge >= 0.3 is 0 Å². The molecule has 40 heavy (non-hydrogen) atoms. The Morgan fingerprint density at radius 3 is 2.67 bits per heavy atom. The molecule has 1 saturated carbocycles. The van der Waals surface area contributed by atoms with Crippen LogP contribution in [0.25, 0.3) is 10.9 Å². The van der Waals surface area contributed by atoms with Crippen molar-refractivity contribution in [2.75, 3.05) is 19.8 Å². The summed E-state index contributed by atoms with van der Waals surface area (Å²) in [6.07, 6.45) is 6.54. The maximum absolute atomic E-state index is 13.8. The number of rotatable bonds is 10. The van der Waals surface area contributed by atoms with Crippen molar-refractivity contribution in [2.45, 2.75) is 77.1 Å². The average Bonchev–Trinajstić information content (AvgIpc) is 3.74. The molecule has 9 nitrogen and oxygen atoms in total. The molecule has 4 aromatic rings. The molecule has 2 aliphatic rings. The molecular formula is C31H38N6O3. The zero-order chi connectivity index (χ0) is 27.5. The number of fused-ring (bicyclic) bond motifs is 1. The number of aromatic amines is 1. The van der Waals surface area contributed by atoms with Gasteiger partial charge in [0.2, 0.25) is 0 Å². The number of ether oxygens (including phenoxy) is 2. The zero-order valence-corrected chi connectivity index (χ0v) is 23.4. The van der Waals surface area contributed by atoms with E-state index in [0.717, 1.165) is 72.9 Å². The molecule has 9 heteroatoms. The van der Waals surface area contributed by atoms with E-state index in [1.54, 1.807) is 0 Å². The van der Waals surface area contributed by atoms with E-state index in [4.69, 9.17) is 9.47 Å². The monoisotopic (exact) mass is 542 g/mol. The van der Waals surface area contributed by atoms with E-state index in [0.29, 0.717) is 31.1 Å². The highest BCUT2D eigenvalue weighted by Crippen LogP contribution is 2.35. The van der Waals surface area contributed by atoms with Crippen molar-refractivity contribution in [1.29, 1.82) is 0 Å². The molecule has 0 spiro atoms. The summed E-state index contributed by atoms with van der Waals surface area (Å²) in [6.45, 7) is 6.72. The van der Waals surface area contributed by atoms with E-state index < -0.39 is 6.04 Å². The van der Waals surface area contributed by atoms with E-state index in [1.165, 1.54) is 0 Å². The second-order valence-corrected chi connectivity index (χ2v) is 11.1. The predicted octanol–water partition coefficient (Wildman–Crippen LogP) is 5.11. The van der Waals surface area contributed by atoms with Crippen LogP contribution in [-0.2, 0) is 11.3 Å². The predicted molar refractivity (Wildman–Crippen MR) is 153 cm³/mol. The first kappa shape index (κ1) is 26.7. The lowest BCUT2D eigenvalue weighted by Gasteiger charge is -2.33. The van der Waals surface area contributed by atoms with Crippen molar-refractivity contribution >= 4 is 10.9 Å². The van der Waals surface area contributed by atoms with Gasteiger partial charge in [0.15, 0.2) is 5.82 Å². The lowest BCUT2D eigenvalue weighted by molar-refractivity contribution is 0.0569. The van der Waals surface area contributed by atoms with Gasteiger partial charge in [0, 0.05) is 30.8 Å². The summed E-state index contributed by atoms with van der Waals surface area (Å²) in [6, 6.07) is 16.1. The van der Waals surface area contributed by atoms with E-state index >= 15 is 0 Å². The minimum absolute atomic E-state index is 0.0859. The normalized spacial score (nSPS) is 18.6. The Kier molecular flexibility index (Phi) is 7.93. The van der Waals surface area contributed by atoms with Crippen molar-refractivity contribution in [1.82, 2.24) is 30.1 Å². The highest BCUT2D eigenvalue weighted by atomic mass is 16.5. The second kappa shape index (κ2) is 11.9. The number of hydrogen-bond acceptors (Lipinski definition) is 7. The summed E-state index contributed by atoms with van der Waals surface area (Å²) < 4.78 is 13.8. The Morgan fingerprint density at radius 1 is 1.10 bits per heavy atom. The fraction of sp³-hybridized carbons (Fsp3) is 0.484. The van der Waals surface area contributed by atoms with Gasteiger partial charge in [-0.3, -0.25) is 9.69 Å². The third-order valence-corrected chi connectivity index (χ3v) is 8.20. The van der Waals surface area contributed by atoms with E-state index in [1.807, 2.05) is 41.9 Å². The van der Waals surface area contributed by atoms with Crippen molar-refractivity contribution in [3.8, 4) is 5.75 Å². The first-order valence-corrected chi connectivity index (χ1v) is 14.6. The molecule has 3 heterocycles. The molecule has 1 N–H and O–H groups in total. The Balaban J connectivity index is 1.47. The SMILES string of the molecule is CCOc1ccc(CN(C[C@@H]2CCCO2)[C@H](c2cc3cc(C)ccc3[nH]c2=O)c2nnnn2C2CCCC2)cc1. The molecule has 210 valence electrons. The Labute approximate surface area is 234 Å². The number of benzene rings is 2. The van der Waals surface area contributed by atoms with Gasteiger partial charge in [-0.05, 0) is 91.2 Å². The van der Waals surface area contributed by atoms with Crippen molar-refractivity contribution in [3.63, 3.8) is 0 Å². The third-order valence-electron chi connectivity index (χ3n) is 8.20. The van der Waals surface area contributed by atoms with Crippen molar-refractivity contribution in [2.24, 2.45) is 0 Å². The van der Waals surface area contributed by atoms with Crippen LogP contribution in [0, 0.1) is 6.92 Å². The molecule has 2 fully saturated rings. The molecule has 0 bridgehead atoms. The Morgan fingerprint density at radius 2 is 1.93 bits per heavy atom. The van der Waals surface area contributed by atoms with Crippen LogP contribution in [0.4, 0.5) is 0 Å². The maximum atomic E-state index is 13.8. The number of aryl methyl sites for hydroxylation is 1. The largest absolute Gasteiger partial charge is 0.494 e. The van der Waals surface area contributed by atoms with Gasteiger partial charge in [0.05, 0.1) is 18.8 Å². The molecule has 0 radical (unpaired) electrons. The second-order valence-electron chi connectivity index (χ2n) is 11.1. The Bertz CT molecular complexity index is 1490. The smallest absolute Gasteiger partial charge is 0.253 e. The van der Waals surface area contributed by atoms with Gasteiger partial charge in [0.25, 0.3) is 5.56 Å².